The highest BCUT2D eigenvalue weighted by molar-refractivity contribution is 5.70. The highest BCUT2D eigenvalue weighted by Gasteiger charge is 2.48. The molecule has 2 saturated heterocycles. The van der Waals surface area contributed by atoms with Crippen molar-refractivity contribution in [2.45, 2.75) is 63.8 Å². The lowest BCUT2D eigenvalue weighted by Crippen LogP contribution is -2.43. The Morgan fingerprint density at radius 1 is 1.40 bits per heavy atom. The van der Waals surface area contributed by atoms with Crippen LogP contribution < -0.4 is 5.73 Å². The summed E-state index contributed by atoms with van der Waals surface area (Å²) in [5, 5.41) is 0. The molecule has 2 rings (SSSR count). The number of nitrogens with zero attached hydrogens (tertiary/aromatic N) is 1. The Labute approximate surface area is 90.8 Å². The molecule has 0 aromatic carbocycles. The minimum Gasteiger partial charge on any atom is -0.444 e. The first-order valence-electron chi connectivity index (χ1n) is 5.65. The van der Waals surface area contributed by atoms with Crippen LogP contribution in [0.3, 0.4) is 0 Å². The summed E-state index contributed by atoms with van der Waals surface area (Å²) in [6, 6.07) is 0.681. The van der Waals surface area contributed by atoms with Gasteiger partial charge in [0.2, 0.25) is 0 Å². The molecule has 0 unspecified atom stereocenters. The first kappa shape index (κ1) is 10.7. The van der Waals surface area contributed by atoms with Crippen molar-refractivity contribution in [3.05, 3.63) is 0 Å². The number of ether oxygens (including phenoxy) is 1. The molecule has 4 nitrogen and oxygen atoms in total. The predicted molar refractivity (Wildman–Crippen MR) is 57.5 cm³/mol. The highest BCUT2D eigenvalue weighted by Crippen LogP contribution is 2.37. The van der Waals surface area contributed by atoms with Crippen LogP contribution in [-0.4, -0.2) is 34.7 Å². The van der Waals surface area contributed by atoms with Gasteiger partial charge in [-0.05, 0) is 40.0 Å². The Bertz CT molecular complexity index is 272. The molecule has 2 aliphatic heterocycles. The van der Waals surface area contributed by atoms with Crippen LogP contribution in [-0.2, 0) is 4.74 Å². The maximum absolute atomic E-state index is 11.9. The fourth-order valence-corrected chi connectivity index (χ4v) is 2.63. The fourth-order valence-electron chi connectivity index (χ4n) is 2.63. The number of rotatable bonds is 0. The van der Waals surface area contributed by atoms with E-state index in [9.17, 15) is 4.79 Å². The number of hydrogen-bond donors (Lipinski definition) is 1. The molecule has 2 N–H and O–H groups in total. The second-order valence-corrected chi connectivity index (χ2v) is 5.59. The molecule has 0 aromatic heterocycles. The average Bonchev–Trinajstić information content (AvgIpc) is 2.55. The number of nitrogens with two attached hydrogens (primary N) is 1. The molecular weight excluding hydrogens is 192 g/mol. The van der Waals surface area contributed by atoms with E-state index in [-0.39, 0.29) is 18.2 Å². The van der Waals surface area contributed by atoms with Gasteiger partial charge in [0, 0.05) is 12.1 Å². The molecule has 4 heteroatoms. The topological polar surface area (TPSA) is 55.6 Å². The van der Waals surface area contributed by atoms with Crippen LogP contribution in [0.4, 0.5) is 4.79 Å². The van der Waals surface area contributed by atoms with Crippen molar-refractivity contribution in [1.29, 1.82) is 0 Å². The third-order valence-electron chi connectivity index (χ3n) is 3.19. The molecule has 15 heavy (non-hydrogen) atoms. The van der Waals surface area contributed by atoms with E-state index in [0.29, 0.717) is 6.04 Å². The second-order valence-electron chi connectivity index (χ2n) is 5.59. The minimum atomic E-state index is -0.413. The summed E-state index contributed by atoms with van der Waals surface area (Å²) in [5.41, 5.74) is 5.55. The summed E-state index contributed by atoms with van der Waals surface area (Å²) in [6.07, 6.45) is 2.86. The molecule has 2 heterocycles. The number of carbonyl (C=O) groups is 1. The van der Waals surface area contributed by atoms with E-state index in [2.05, 4.69) is 0 Å². The molecule has 2 aliphatic rings. The lowest BCUT2D eigenvalue weighted by molar-refractivity contribution is 0.0213. The molecule has 0 radical (unpaired) electrons. The third-order valence-corrected chi connectivity index (χ3v) is 3.19. The normalized spacial score (nSPS) is 34.7. The monoisotopic (exact) mass is 212 g/mol. The molecule has 2 fully saturated rings. The van der Waals surface area contributed by atoms with Gasteiger partial charge in [-0.1, -0.05) is 0 Å². The number of fused-ring (bicyclic) bond motifs is 2. The van der Waals surface area contributed by atoms with Crippen molar-refractivity contribution >= 4 is 6.09 Å². The number of hydrogen-bond acceptors (Lipinski definition) is 3. The first-order chi connectivity index (χ1) is 6.88. The van der Waals surface area contributed by atoms with Crippen LogP contribution in [0.1, 0.15) is 40.0 Å². The zero-order chi connectivity index (χ0) is 11.2. The molecule has 0 saturated carbocycles. The van der Waals surface area contributed by atoms with Crippen molar-refractivity contribution < 1.29 is 9.53 Å². The largest absolute Gasteiger partial charge is 0.444 e. The van der Waals surface area contributed by atoms with Crippen LogP contribution in [0.25, 0.3) is 0 Å². The smallest absolute Gasteiger partial charge is 0.410 e. The summed E-state index contributed by atoms with van der Waals surface area (Å²) < 4.78 is 5.38. The predicted octanol–water partition coefficient (Wildman–Crippen LogP) is 1.49. The van der Waals surface area contributed by atoms with Crippen molar-refractivity contribution in [3.63, 3.8) is 0 Å². The van der Waals surface area contributed by atoms with Gasteiger partial charge in [0.05, 0.1) is 6.04 Å². The van der Waals surface area contributed by atoms with Crippen LogP contribution in [0.5, 0.6) is 0 Å². The Kier molecular flexibility index (Phi) is 2.41. The second kappa shape index (κ2) is 3.37. The highest BCUT2D eigenvalue weighted by atomic mass is 16.6. The maximum atomic E-state index is 11.9. The van der Waals surface area contributed by atoms with Gasteiger partial charge in [0.25, 0.3) is 0 Å². The maximum Gasteiger partial charge on any atom is 0.410 e. The van der Waals surface area contributed by atoms with E-state index >= 15 is 0 Å². The molecule has 86 valence electrons. The Morgan fingerprint density at radius 3 is 2.47 bits per heavy atom. The number of carbonyl (C=O) groups excluding carboxylic acids is 1. The summed E-state index contributed by atoms with van der Waals surface area (Å²) in [4.78, 5) is 13.8. The van der Waals surface area contributed by atoms with Crippen LogP contribution >= 0.6 is 0 Å². The van der Waals surface area contributed by atoms with E-state index < -0.39 is 5.60 Å². The minimum absolute atomic E-state index is 0.149. The van der Waals surface area contributed by atoms with Gasteiger partial charge in [-0.3, -0.25) is 0 Å². The van der Waals surface area contributed by atoms with Gasteiger partial charge < -0.3 is 15.4 Å². The zero-order valence-corrected chi connectivity index (χ0v) is 9.69. The summed E-state index contributed by atoms with van der Waals surface area (Å²) in [6.45, 7) is 5.68. The van der Waals surface area contributed by atoms with E-state index in [4.69, 9.17) is 10.5 Å². The van der Waals surface area contributed by atoms with Crippen LogP contribution in [0.2, 0.25) is 0 Å². The zero-order valence-electron chi connectivity index (χ0n) is 9.69. The fraction of sp³-hybridized carbons (Fsp3) is 0.909. The van der Waals surface area contributed by atoms with E-state index in [0.717, 1.165) is 19.3 Å². The van der Waals surface area contributed by atoms with Gasteiger partial charge in [0.1, 0.15) is 5.60 Å². The van der Waals surface area contributed by atoms with Crippen LogP contribution in [0, 0.1) is 0 Å². The van der Waals surface area contributed by atoms with Gasteiger partial charge in [-0.2, -0.15) is 0 Å². The Balaban J connectivity index is 2.03. The van der Waals surface area contributed by atoms with Gasteiger partial charge in [0.15, 0.2) is 0 Å². The van der Waals surface area contributed by atoms with Gasteiger partial charge in [-0.25, -0.2) is 4.79 Å². The Morgan fingerprint density at radius 2 is 2.07 bits per heavy atom. The lowest BCUT2D eigenvalue weighted by atomic mass is 9.97. The van der Waals surface area contributed by atoms with E-state index in [1.54, 1.807) is 0 Å². The summed E-state index contributed by atoms with van der Waals surface area (Å²) >= 11 is 0. The molecule has 1 amide bonds. The first-order valence-corrected chi connectivity index (χ1v) is 5.65. The summed E-state index contributed by atoms with van der Waals surface area (Å²) in [7, 11) is 0. The standard InChI is InChI=1S/C11H20N2O2/c1-11(2,3)15-10(14)13-7-4-5-9(13)8(12)6-7/h7-9H,4-6,12H2,1-3H3/t7-,8+,9+/m0/s1. The SMILES string of the molecule is CC(C)(C)OC(=O)N1[C@H]2CC[C@@H]1[C@H](N)C2. The third kappa shape index (κ3) is 1.95. The molecule has 0 spiro atoms. The number of amides is 1. The average molecular weight is 212 g/mol. The molecule has 0 aromatic rings. The molecule has 0 aliphatic carbocycles. The van der Waals surface area contributed by atoms with E-state index in [1.807, 2.05) is 25.7 Å². The Hall–Kier alpha value is -0.770. The van der Waals surface area contributed by atoms with Gasteiger partial charge in [-0.15, -0.1) is 0 Å². The molecule has 2 bridgehead atoms. The molecule has 3 atom stereocenters. The van der Waals surface area contributed by atoms with Crippen molar-refractivity contribution in [3.8, 4) is 0 Å². The van der Waals surface area contributed by atoms with E-state index in [1.165, 1.54) is 0 Å². The van der Waals surface area contributed by atoms with Crippen molar-refractivity contribution in [2.75, 3.05) is 0 Å². The van der Waals surface area contributed by atoms with Crippen LogP contribution in [0.15, 0.2) is 0 Å². The van der Waals surface area contributed by atoms with Gasteiger partial charge >= 0.3 is 6.09 Å². The van der Waals surface area contributed by atoms with Crippen molar-refractivity contribution in [2.24, 2.45) is 5.73 Å². The molecular formula is C11H20N2O2. The van der Waals surface area contributed by atoms with Crippen molar-refractivity contribution in [1.82, 2.24) is 4.90 Å². The summed E-state index contributed by atoms with van der Waals surface area (Å²) in [5.74, 6) is 0. The lowest BCUT2D eigenvalue weighted by Gasteiger charge is -2.27. The quantitative estimate of drug-likeness (QED) is 0.661.